The highest BCUT2D eigenvalue weighted by molar-refractivity contribution is 5.85. The molecule has 1 aromatic heterocycles. The maximum Gasteiger partial charge on any atom is 0.196 e. The molecule has 4 heteroatoms. The first-order valence-corrected chi connectivity index (χ1v) is 8.03. The van der Waals surface area contributed by atoms with Gasteiger partial charge < -0.3 is 9.52 Å². The van der Waals surface area contributed by atoms with Crippen molar-refractivity contribution < 1.29 is 13.9 Å². The molecule has 0 spiro atoms. The van der Waals surface area contributed by atoms with Gasteiger partial charge in [0.25, 0.3) is 0 Å². The Balaban J connectivity index is 2.11. The van der Waals surface area contributed by atoms with E-state index in [1.807, 2.05) is 13.0 Å². The normalized spacial score (nSPS) is 14.3. The van der Waals surface area contributed by atoms with Gasteiger partial charge in [-0.3, -0.25) is 4.79 Å². The van der Waals surface area contributed by atoms with Crippen molar-refractivity contribution in [2.45, 2.75) is 32.8 Å². The topological polar surface area (TPSA) is 50.4 Å². The molecule has 2 aromatic carbocycles. The lowest BCUT2D eigenvalue weighted by atomic mass is 9.88. The Labute approximate surface area is 138 Å². The molecule has 3 aromatic rings. The number of aliphatic hydroxyl groups excluding tert-OH is 1. The molecule has 1 unspecified atom stereocenters. The van der Waals surface area contributed by atoms with E-state index < -0.39 is 6.10 Å². The molecule has 3 nitrogen and oxygen atoms in total. The zero-order valence-corrected chi connectivity index (χ0v) is 13.5. The molecule has 0 fully saturated rings. The number of halogens is 1. The highest BCUT2D eigenvalue weighted by Gasteiger charge is 2.24. The molecule has 1 heterocycles. The Morgan fingerprint density at radius 1 is 1.21 bits per heavy atom. The van der Waals surface area contributed by atoms with E-state index in [-0.39, 0.29) is 11.2 Å². The SMILES string of the molecule is Cc1cc(C(C)O)c2oc3c(c(=O)c2c1)CCc1cc(F)ccc1-3. The molecule has 0 bridgehead atoms. The van der Waals surface area contributed by atoms with Crippen molar-refractivity contribution >= 4 is 11.0 Å². The van der Waals surface area contributed by atoms with E-state index in [9.17, 15) is 14.3 Å². The minimum atomic E-state index is -0.745. The summed E-state index contributed by atoms with van der Waals surface area (Å²) in [5.74, 6) is 0.208. The summed E-state index contributed by atoms with van der Waals surface area (Å²) in [5, 5.41) is 10.6. The van der Waals surface area contributed by atoms with Crippen LogP contribution in [0.2, 0.25) is 0 Å². The van der Waals surface area contributed by atoms with Gasteiger partial charge in [-0.05, 0) is 68.1 Å². The van der Waals surface area contributed by atoms with Gasteiger partial charge in [0.05, 0.1) is 11.5 Å². The van der Waals surface area contributed by atoms with E-state index in [4.69, 9.17) is 4.42 Å². The molecular weight excluding hydrogens is 307 g/mol. The molecule has 24 heavy (non-hydrogen) atoms. The molecule has 4 rings (SSSR count). The van der Waals surface area contributed by atoms with Gasteiger partial charge in [-0.1, -0.05) is 0 Å². The van der Waals surface area contributed by atoms with Crippen molar-refractivity contribution in [2.75, 3.05) is 0 Å². The Morgan fingerprint density at radius 3 is 2.75 bits per heavy atom. The number of hydrogen-bond donors (Lipinski definition) is 1. The van der Waals surface area contributed by atoms with Gasteiger partial charge in [0, 0.05) is 16.7 Å². The summed E-state index contributed by atoms with van der Waals surface area (Å²) in [4.78, 5) is 13.0. The molecular formula is C20H17FO3. The van der Waals surface area contributed by atoms with E-state index in [0.717, 1.165) is 16.7 Å². The maximum atomic E-state index is 13.5. The monoisotopic (exact) mass is 324 g/mol. The molecule has 1 atom stereocenters. The second kappa shape index (κ2) is 5.28. The summed E-state index contributed by atoms with van der Waals surface area (Å²) in [6.07, 6.45) is 0.401. The maximum absolute atomic E-state index is 13.5. The highest BCUT2D eigenvalue weighted by Crippen LogP contribution is 2.36. The van der Waals surface area contributed by atoms with Crippen LogP contribution in [0.15, 0.2) is 39.5 Å². The fraction of sp³-hybridized carbons (Fsp3) is 0.250. The van der Waals surface area contributed by atoms with Gasteiger partial charge in [0.15, 0.2) is 5.43 Å². The average molecular weight is 324 g/mol. The zero-order valence-electron chi connectivity index (χ0n) is 13.5. The summed E-state index contributed by atoms with van der Waals surface area (Å²) in [7, 11) is 0. The molecule has 0 saturated carbocycles. The van der Waals surface area contributed by atoms with Crippen molar-refractivity contribution in [1.82, 2.24) is 0 Å². The number of aryl methyl sites for hydroxylation is 2. The Kier molecular flexibility index (Phi) is 3.32. The van der Waals surface area contributed by atoms with Gasteiger partial charge in [-0.2, -0.15) is 0 Å². The molecule has 1 aliphatic carbocycles. The largest absolute Gasteiger partial charge is 0.455 e. The highest BCUT2D eigenvalue weighted by atomic mass is 19.1. The lowest BCUT2D eigenvalue weighted by Crippen LogP contribution is -2.17. The summed E-state index contributed by atoms with van der Waals surface area (Å²) in [6.45, 7) is 3.54. The standard InChI is InChI=1S/C20H17FO3/c1-10-7-16(11(2)22)20-17(8-10)18(23)15-5-3-12-9-13(21)4-6-14(12)19(15)24-20/h4,6-9,11,22H,3,5H2,1-2H3. The summed E-state index contributed by atoms with van der Waals surface area (Å²) < 4.78 is 19.6. The second-order valence-corrected chi connectivity index (χ2v) is 6.45. The third kappa shape index (κ3) is 2.18. The van der Waals surface area contributed by atoms with Gasteiger partial charge in [-0.15, -0.1) is 0 Å². The van der Waals surface area contributed by atoms with Crippen LogP contribution in [0.3, 0.4) is 0 Å². The lowest BCUT2D eigenvalue weighted by Gasteiger charge is -2.20. The first kappa shape index (κ1) is 15.1. The van der Waals surface area contributed by atoms with E-state index >= 15 is 0 Å². The number of aliphatic hydroxyl groups is 1. The first-order chi connectivity index (χ1) is 11.5. The molecule has 122 valence electrons. The fourth-order valence-corrected chi connectivity index (χ4v) is 3.52. The Bertz CT molecular complexity index is 1030. The summed E-state index contributed by atoms with van der Waals surface area (Å²) in [5.41, 5.74) is 4.08. The molecule has 0 aliphatic heterocycles. The third-order valence-corrected chi connectivity index (χ3v) is 4.67. The smallest absolute Gasteiger partial charge is 0.196 e. The van der Waals surface area contributed by atoms with E-state index in [0.29, 0.717) is 40.7 Å². The van der Waals surface area contributed by atoms with Crippen molar-refractivity contribution in [1.29, 1.82) is 0 Å². The lowest BCUT2D eigenvalue weighted by molar-refractivity contribution is 0.199. The number of rotatable bonds is 1. The van der Waals surface area contributed by atoms with Crippen LogP contribution in [0.25, 0.3) is 22.3 Å². The van der Waals surface area contributed by atoms with Crippen LogP contribution >= 0.6 is 0 Å². The van der Waals surface area contributed by atoms with Crippen LogP contribution in [0.1, 0.15) is 35.3 Å². The van der Waals surface area contributed by atoms with Gasteiger partial charge >= 0.3 is 0 Å². The van der Waals surface area contributed by atoms with Crippen molar-refractivity contribution in [3.63, 3.8) is 0 Å². The molecule has 0 radical (unpaired) electrons. The quantitative estimate of drug-likeness (QED) is 0.734. The Hall–Kier alpha value is -2.46. The van der Waals surface area contributed by atoms with E-state index in [1.54, 1.807) is 19.1 Å². The molecule has 1 aliphatic rings. The van der Waals surface area contributed by atoms with Crippen molar-refractivity contribution in [2.24, 2.45) is 0 Å². The number of benzene rings is 2. The van der Waals surface area contributed by atoms with Crippen LogP contribution in [0.4, 0.5) is 4.39 Å². The van der Waals surface area contributed by atoms with Crippen LogP contribution in [-0.4, -0.2) is 5.11 Å². The van der Waals surface area contributed by atoms with Crippen molar-refractivity contribution in [3.05, 3.63) is 68.6 Å². The fourth-order valence-electron chi connectivity index (χ4n) is 3.52. The van der Waals surface area contributed by atoms with Crippen LogP contribution in [0, 0.1) is 12.7 Å². The van der Waals surface area contributed by atoms with Crippen LogP contribution < -0.4 is 5.43 Å². The third-order valence-electron chi connectivity index (χ3n) is 4.67. The second-order valence-electron chi connectivity index (χ2n) is 6.45. The van der Waals surface area contributed by atoms with E-state index in [1.165, 1.54) is 12.1 Å². The summed E-state index contributed by atoms with van der Waals surface area (Å²) >= 11 is 0. The minimum Gasteiger partial charge on any atom is -0.455 e. The van der Waals surface area contributed by atoms with Crippen molar-refractivity contribution in [3.8, 4) is 11.3 Å². The van der Waals surface area contributed by atoms with E-state index in [2.05, 4.69) is 0 Å². The van der Waals surface area contributed by atoms with Crippen LogP contribution in [0.5, 0.6) is 0 Å². The number of fused-ring (bicyclic) bond motifs is 4. The summed E-state index contributed by atoms with van der Waals surface area (Å²) in [6, 6.07) is 8.16. The molecule has 0 saturated heterocycles. The van der Waals surface area contributed by atoms with Gasteiger partial charge in [0.2, 0.25) is 0 Å². The zero-order chi connectivity index (χ0) is 17.0. The minimum absolute atomic E-state index is 0.0631. The predicted octanol–water partition coefficient (Wildman–Crippen LogP) is 4.06. The van der Waals surface area contributed by atoms with Gasteiger partial charge in [0.1, 0.15) is 17.2 Å². The number of hydrogen-bond acceptors (Lipinski definition) is 3. The molecule has 1 N–H and O–H groups in total. The van der Waals surface area contributed by atoms with Crippen LogP contribution in [-0.2, 0) is 12.8 Å². The first-order valence-electron chi connectivity index (χ1n) is 8.03. The molecule has 0 amide bonds. The Morgan fingerprint density at radius 2 is 2.00 bits per heavy atom. The predicted molar refractivity (Wildman–Crippen MR) is 90.7 cm³/mol. The average Bonchev–Trinajstić information content (AvgIpc) is 2.54. The van der Waals surface area contributed by atoms with Gasteiger partial charge in [-0.25, -0.2) is 4.39 Å².